The Balaban J connectivity index is 1.96. The molecule has 0 bridgehead atoms. The summed E-state index contributed by atoms with van der Waals surface area (Å²) in [5.74, 6) is 0.741. The van der Waals surface area contributed by atoms with Gasteiger partial charge in [-0.2, -0.15) is 0 Å². The van der Waals surface area contributed by atoms with Gasteiger partial charge in [0.1, 0.15) is 0 Å². The van der Waals surface area contributed by atoms with Crippen LogP contribution < -0.4 is 5.32 Å². The van der Waals surface area contributed by atoms with Crippen LogP contribution in [0.2, 0.25) is 0 Å². The first-order valence-electron chi connectivity index (χ1n) is 8.24. The zero-order chi connectivity index (χ0) is 15.2. The molecule has 116 valence electrons. The summed E-state index contributed by atoms with van der Waals surface area (Å²) < 4.78 is 0. The minimum Gasteiger partial charge on any atom is -0.326 e. The number of rotatable bonds is 7. The molecular formula is C18H28N2O. The summed E-state index contributed by atoms with van der Waals surface area (Å²) in [7, 11) is 0. The first-order chi connectivity index (χ1) is 10.1. The van der Waals surface area contributed by atoms with Crippen LogP contribution in [-0.2, 0) is 11.2 Å². The summed E-state index contributed by atoms with van der Waals surface area (Å²) in [6.07, 6.45) is 4.25. The maximum atomic E-state index is 12.6. The van der Waals surface area contributed by atoms with E-state index in [0.717, 1.165) is 32.2 Å². The molecule has 2 atom stereocenters. The van der Waals surface area contributed by atoms with Crippen molar-refractivity contribution in [3.8, 4) is 0 Å². The Morgan fingerprint density at radius 3 is 2.57 bits per heavy atom. The molecule has 0 aliphatic carbocycles. The molecule has 1 aliphatic heterocycles. The fourth-order valence-corrected chi connectivity index (χ4v) is 3.00. The van der Waals surface area contributed by atoms with Crippen molar-refractivity contribution < 1.29 is 4.79 Å². The molecule has 1 amide bonds. The molecule has 1 aromatic carbocycles. The number of benzene rings is 1. The van der Waals surface area contributed by atoms with Crippen LogP contribution in [0.15, 0.2) is 30.3 Å². The predicted molar refractivity (Wildman–Crippen MR) is 86.9 cm³/mol. The van der Waals surface area contributed by atoms with Crippen molar-refractivity contribution in [1.82, 2.24) is 10.2 Å². The lowest BCUT2D eigenvalue weighted by molar-refractivity contribution is -0.130. The van der Waals surface area contributed by atoms with Gasteiger partial charge >= 0.3 is 0 Å². The van der Waals surface area contributed by atoms with Crippen molar-refractivity contribution in [2.45, 2.75) is 58.7 Å². The SMILES string of the molecule is CCCCN1C(=O)C(CCc2ccccc2)NC1C(C)C. The standard InChI is InChI=1S/C18H28N2O/c1-4-5-13-20-17(14(2)3)19-16(18(20)21)12-11-15-9-7-6-8-10-15/h6-10,14,16-17,19H,4-5,11-13H2,1-3H3. The number of hydrogen-bond donors (Lipinski definition) is 1. The van der Waals surface area contributed by atoms with Crippen molar-refractivity contribution in [1.29, 1.82) is 0 Å². The topological polar surface area (TPSA) is 32.3 Å². The van der Waals surface area contributed by atoms with E-state index >= 15 is 0 Å². The Morgan fingerprint density at radius 2 is 1.95 bits per heavy atom. The molecule has 0 saturated carbocycles. The minimum absolute atomic E-state index is 0.0190. The number of carbonyl (C=O) groups excluding carboxylic acids is 1. The van der Waals surface area contributed by atoms with E-state index in [1.807, 2.05) is 6.07 Å². The van der Waals surface area contributed by atoms with E-state index in [9.17, 15) is 4.79 Å². The average molecular weight is 288 g/mol. The number of unbranched alkanes of at least 4 members (excludes halogenated alkanes) is 1. The third kappa shape index (κ3) is 4.07. The Kier molecular flexibility index (Phi) is 5.80. The van der Waals surface area contributed by atoms with Crippen LogP contribution in [0, 0.1) is 5.92 Å². The second kappa shape index (κ2) is 7.60. The van der Waals surface area contributed by atoms with Crippen LogP contribution in [0.1, 0.15) is 45.6 Å². The lowest BCUT2D eigenvalue weighted by atomic mass is 10.1. The van der Waals surface area contributed by atoms with Crippen molar-refractivity contribution in [2.24, 2.45) is 5.92 Å². The van der Waals surface area contributed by atoms with Gasteiger partial charge in [-0.25, -0.2) is 0 Å². The number of nitrogens with one attached hydrogen (secondary N) is 1. The summed E-state index contributed by atoms with van der Waals surface area (Å²) >= 11 is 0. The summed E-state index contributed by atoms with van der Waals surface area (Å²) in [5, 5.41) is 3.55. The molecular weight excluding hydrogens is 260 g/mol. The summed E-state index contributed by atoms with van der Waals surface area (Å²) in [6.45, 7) is 7.42. The van der Waals surface area contributed by atoms with Crippen LogP contribution in [0.3, 0.4) is 0 Å². The predicted octanol–water partition coefficient (Wildman–Crippen LogP) is 3.20. The zero-order valence-corrected chi connectivity index (χ0v) is 13.5. The Labute approximate surface area is 128 Å². The molecule has 2 rings (SSSR count). The highest BCUT2D eigenvalue weighted by atomic mass is 16.2. The molecule has 0 aromatic heterocycles. The summed E-state index contributed by atoms with van der Waals surface area (Å²) in [6, 6.07) is 10.4. The lowest BCUT2D eigenvalue weighted by Gasteiger charge is -2.27. The Hall–Kier alpha value is -1.35. The van der Waals surface area contributed by atoms with E-state index in [2.05, 4.69) is 55.3 Å². The first kappa shape index (κ1) is 16.0. The monoisotopic (exact) mass is 288 g/mol. The van der Waals surface area contributed by atoms with E-state index < -0.39 is 0 Å². The first-order valence-corrected chi connectivity index (χ1v) is 8.24. The van der Waals surface area contributed by atoms with Crippen LogP contribution >= 0.6 is 0 Å². The van der Waals surface area contributed by atoms with Crippen molar-refractivity contribution in [3.63, 3.8) is 0 Å². The third-order valence-electron chi connectivity index (χ3n) is 4.24. The van der Waals surface area contributed by atoms with Crippen LogP contribution in [0.25, 0.3) is 0 Å². The van der Waals surface area contributed by atoms with Crippen LogP contribution in [0.5, 0.6) is 0 Å². The van der Waals surface area contributed by atoms with Gasteiger partial charge < -0.3 is 4.90 Å². The molecule has 0 radical (unpaired) electrons. The van der Waals surface area contributed by atoms with Gasteiger partial charge in [0.05, 0.1) is 12.2 Å². The largest absolute Gasteiger partial charge is 0.326 e. The maximum Gasteiger partial charge on any atom is 0.241 e. The maximum absolute atomic E-state index is 12.6. The highest BCUT2D eigenvalue weighted by Crippen LogP contribution is 2.21. The molecule has 1 N–H and O–H groups in total. The van der Waals surface area contributed by atoms with Gasteiger partial charge in [0.15, 0.2) is 0 Å². The smallest absolute Gasteiger partial charge is 0.241 e. The molecule has 1 aliphatic rings. The summed E-state index contributed by atoms with van der Waals surface area (Å²) in [5.41, 5.74) is 1.31. The Bertz CT molecular complexity index is 444. The number of hydrogen-bond acceptors (Lipinski definition) is 2. The lowest BCUT2D eigenvalue weighted by Crippen LogP contribution is -2.41. The van der Waals surface area contributed by atoms with Crippen molar-refractivity contribution in [3.05, 3.63) is 35.9 Å². The number of carbonyl (C=O) groups is 1. The molecule has 1 fully saturated rings. The van der Waals surface area contributed by atoms with Gasteiger partial charge in [0.2, 0.25) is 5.91 Å². The second-order valence-electron chi connectivity index (χ2n) is 6.32. The van der Waals surface area contributed by atoms with E-state index in [0.29, 0.717) is 5.92 Å². The fraction of sp³-hybridized carbons (Fsp3) is 0.611. The molecule has 1 aromatic rings. The zero-order valence-electron chi connectivity index (χ0n) is 13.5. The molecule has 1 saturated heterocycles. The second-order valence-corrected chi connectivity index (χ2v) is 6.32. The average Bonchev–Trinajstić information content (AvgIpc) is 2.81. The third-order valence-corrected chi connectivity index (χ3v) is 4.24. The normalized spacial score (nSPS) is 22.3. The van der Waals surface area contributed by atoms with E-state index in [-0.39, 0.29) is 18.1 Å². The molecule has 3 heteroatoms. The van der Waals surface area contributed by atoms with E-state index in [1.54, 1.807) is 0 Å². The van der Waals surface area contributed by atoms with Gasteiger partial charge in [0.25, 0.3) is 0 Å². The van der Waals surface area contributed by atoms with Gasteiger partial charge in [-0.1, -0.05) is 57.5 Å². The van der Waals surface area contributed by atoms with E-state index in [1.165, 1.54) is 5.56 Å². The highest BCUT2D eigenvalue weighted by molar-refractivity contribution is 5.84. The van der Waals surface area contributed by atoms with Gasteiger partial charge in [-0.15, -0.1) is 0 Å². The van der Waals surface area contributed by atoms with Gasteiger partial charge in [-0.3, -0.25) is 10.1 Å². The molecule has 3 nitrogen and oxygen atoms in total. The minimum atomic E-state index is -0.0190. The number of aryl methyl sites for hydroxylation is 1. The fourth-order valence-electron chi connectivity index (χ4n) is 3.00. The summed E-state index contributed by atoms with van der Waals surface area (Å²) in [4.78, 5) is 14.7. The van der Waals surface area contributed by atoms with Crippen molar-refractivity contribution >= 4 is 5.91 Å². The number of nitrogens with zero attached hydrogens (tertiary/aromatic N) is 1. The Morgan fingerprint density at radius 1 is 1.24 bits per heavy atom. The van der Waals surface area contributed by atoms with Crippen molar-refractivity contribution in [2.75, 3.05) is 6.54 Å². The molecule has 0 spiro atoms. The molecule has 1 heterocycles. The van der Waals surface area contributed by atoms with E-state index in [4.69, 9.17) is 0 Å². The van der Waals surface area contributed by atoms with Gasteiger partial charge in [-0.05, 0) is 30.7 Å². The molecule has 21 heavy (non-hydrogen) atoms. The number of amides is 1. The van der Waals surface area contributed by atoms with Crippen LogP contribution in [-0.4, -0.2) is 29.6 Å². The quantitative estimate of drug-likeness (QED) is 0.835. The van der Waals surface area contributed by atoms with Crippen LogP contribution in [0.4, 0.5) is 0 Å². The van der Waals surface area contributed by atoms with Gasteiger partial charge in [0, 0.05) is 6.54 Å². The highest BCUT2D eigenvalue weighted by Gasteiger charge is 2.39. The molecule has 2 unspecified atom stereocenters.